The summed E-state index contributed by atoms with van der Waals surface area (Å²) in [7, 11) is -18.3. The van der Waals surface area contributed by atoms with Crippen LogP contribution >= 0.6 is 11.1 Å². The van der Waals surface area contributed by atoms with Gasteiger partial charge in [-0.2, -0.15) is 0 Å². The molecule has 0 bridgehead atoms. The molecular formula is C69H165Cl2Li3O15Si11. The predicted molar refractivity (Wildman–Crippen MR) is 459 cm³/mol. The molecule has 0 atom stereocenters. The van der Waals surface area contributed by atoms with E-state index >= 15 is 0 Å². The minimum Gasteiger partial charge on any atom is -1.00 e. The molecule has 0 aliphatic rings. The summed E-state index contributed by atoms with van der Waals surface area (Å²) in [4.78, 5) is 22.4. The van der Waals surface area contributed by atoms with E-state index in [0.29, 0.717) is 39.6 Å². The zero-order valence-electron chi connectivity index (χ0n) is 60.6. The van der Waals surface area contributed by atoms with E-state index in [4.69, 9.17) is 67.4 Å². The average molecular weight is 1640 g/mol. The maximum absolute atomic E-state index is 11.2. The number of halogens is 2. The summed E-state index contributed by atoms with van der Waals surface area (Å²) in [5.41, 5.74) is 5.48. The van der Waals surface area contributed by atoms with E-state index in [1.54, 1.807) is 51.8 Å². The van der Waals surface area contributed by atoms with Gasteiger partial charge in [-0.05, 0) is 149 Å². The van der Waals surface area contributed by atoms with Gasteiger partial charge in [0.1, 0.15) is 0 Å². The molecule has 15 nitrogen and oxygen atoms in total. The van der Waals surface area contributed by atoms with E-state index in [1.165, 1.54) is 15.6 Å². The van der Waals surface area contributed by atoms with E-state index in [9.17, 15) is 9.59 Å². The largest absolute Gasteiger partial charge is 1.00 e. The minimum atomic E-state index is -3.12. The Hall–Kier alpha value is 1.04. The molecular weight excluding hydrogens is 1470 g/mol. The molecule has 0 aliphatic carbocycles. The van der Waals surface area contributed by atoms with Crippen molar-refractivity contribution < 1.29 is 135 Å². The Labute approximate surface area is 685 Å². The fraction of sp³-hybridized carbons (Fsp3) is 0.652. The summed E-state index contributed by atoms with van der Waals surface area (Å²) in [5.74, 6) is 0. The van der Waals surface area contributed by atoms with Crippen molar-refractivity contribution in [2.75, 3.05) is 61.0 Å². The molecule has 0 heterocycles. The van der Waals surface area contributed by atoms with Crippen LogP contribution in [-0.4, -0.2) is 154 Å². The first-order valence-corrected chi connectivity index (χ1v) is 59.3. The monoisotopic (exact) mass is 1630 g/mol. The molecule has 0 saturated carbocycles. The fourth-order valence-electron chi connectivity index (χ4n) is 6.61. The second-order valence-corrected chi connectivity index (χ2v) is 62.8. The van der Waals surface area contributed by atoms with Crippen LogP contribution in [0, 0.1) is 0 Å². The first kappa shape index (κ1) is 154. The van der Waals surface area contributed by atoms with Gasteiger partial charge in [0.05, 0.1) is 17.1 Å². The molecule has 0 aliphatic heterocycles. The molecule has 0 aromatic heterocycles. The maximum Gasteiger partial charge on any atom is 1.00 e. The Morgan fingerprint density at radius 3 is 0.740 bits per heavy atom. The molecule has 0 unspecified atom stereocenters. The van der Waals surface area contributed by atoms with Crippen molar-refractivity contribution in [2.45, 2.75) is 249 Å². The Bertz CT molecular complexity index is 2060. The van der Waals surface area contributed by atoms with Crippen molar-refractivity contribution in [3.8, 4) is 0 Å². The van der Waals surface area contributed by atoms with E-state index in [1.807, 2.05) is 112 Å². The Morgan fingerprint density at radius 2 is 0.570 bits per heavy atom. The van der Waals surface area contributed by atoms with Gasteiger partial charge in [-0.15, -0.1) is 19.7 Å². The first-order valence-electron chi connectivity index (χ1n) is 28.8. The van der Waals surface area contributed by atoms with E-state index in [2.05, 4.69) is 145 Å². The third-order valence-electron chi connectivity index (χ3n) is 10.9. The third-order valence-corrected chi connectivity index (χ3v) is 41.5. The molecule has 0 amide bonds. The van der Waals surface area contributed by atoms with Crippen LogP contribution in [0.25, 0.3) is 0 Å². The molecule has 31 heteroatoms. The van der Waals surface area contributed by atoms with Crippen LogP contribution in [0.1, 0.15) is 131 Å². The maximum atomic E-state index is 11.2. The number of hydrogen-bond acceptors (Lipinski definition) is 15. The molecule has 100 heavy (non-hydrogen) atoms. The predicted octanol–water partition coefficient (Wildman–Crippen LogP) is 7.84. The van der Waals surface area contributed by atoms with E-state index in [0.717, 1.165) is 0 Å². The SMILES string of the molecule is C.C.C.C.C.C.C.C.C.C.C.C.C=C[Si](C)(C)O[Si](C)(C)O[Si](OCC)(OCC)OCC.C=C[Si](C)(C)O[Si](C)(C)[O-].C=C[Si](C)(C)O[Si](C)(C)[O-].CCO[Si](Cl)(OCC)OCC.CO[Si](C)(C)C.CO[Si](C)(C)c1ccccc1.CO[Si](C)(c1ccccc1)c1ccccc1.[Cl-].[Li+].[Li+].[Li+]. The summed E-state index contributed by atoms with van der Waals surface area (Å²) >= 11 is 5.91. The van der Waals surface area contributed by atoms with Crippen molar-refractivity contribution >= 4 is 119 Å². The van der Waals surface area contributed by atoms with Gasteiger partial charge >= 0.3 is 82.3 Å². The van der Waals surface area contributed by atoms with Crippen molar-refractivity contribution in [3.63, 3.8) is 0 Å². The first-order chi connectivity index (χ1) is 38.4. The number of rotatable bonds is 29. The summed E-state index contributed by atoms with van der Waals surface area (Å²) in [5, 5.41) is 3.97. The third kappa shape index (κ3) is 80.1. The van der Waals surface area contributed by atoms with Gasteiger partial charge in [0.25, 0.3) is 8.32 Å². The number of hydrogen-bond donors (Lipinski definition) is 0. The molecule has 592 valence electrons. The minimum absolute atomic E-state index is 0. The summed E-state index contributed by atoms with van der Waals surface area (Å²) in [6.07, 6.45) is 0. The van der Waals surface area contributed by atoms with Crippen LogP contribution in [0.15, 0.2) is 128 Å². The molecule has 3 aromatic rings. The second kappa shape index (κ2) is 76.8. The van der Waals surface area contributed by atoms with E-state index in [-0.39, 0.29) is 158 Å². The van der Waals surface area contributed by atoms with Crippen LogP contribution in [0.2, 0.25) is 118 Å². The smallest absolute Gasteiger partial charge is 1.00 e. The van der Waals surface area contributed by atoms with Gasteiger partial charge in [-0.3, -0.25) is 0 Å². The quantitative estimate of drug-likeness (QED) is 0.0487. The Kier molecular flexibility index (Phi) is 118. The van der Waals surface area contributed by atoms with Crippen molar-refractivity contribution in [3.05, 3.63) is 128 Å². The number of benzene rings is 3. The van der Waals surface area contributed by atoms with Crippen molar-refractivity contribution in [2.24, 2.45) is 0 Å². The zero-order valence-corrected chi connectivity index (χ0v) is 73.1. The van der Waals surface area contributed by atoms with Crippen LogP contribution in [-0.2, 0) is 56.3 Å². The summed E-state index contributed by atoms with van der Waals surface area (Å²) < 4.78 is 72.1. The van der Waals surface area contributed by atoms with E-state index < -0.39 is 92.7 Å². The van der Waals surface area contributed by atoms with Crippen molar-refractivity contribution in [1.82, 2.24) is 0 Å². The summed E-state index contributed by atoms with van der Waals surface area (Å²) in [6.45, 7) is 61.3. The van der Waals surface area contributed by atoms with Crippen LogP contribution in [0.4, 0.5) is 0 Å². The zero-order chi connectivity index (χ0) is 66.4. The van der Waals surface area contributed by atoms with Gasteiger partial charge < -0.3 is 78.3 Å². The summed E-state index contributed by atoms with van der Waals surface area (Å²) in [6, 6.07) is 31.4. The van der Waals surface area contributed by atoms with Crippen LogP contribution in [0.5, 0.6) is 0 Å². The second-order valence-electron chi connectivity index (χ2n) is 23.0. The fourth-order valence-corrected chi connectivity index (χ4v) is 33.7. The van der Waals surface area contributed by atoms with Gasteiger partial charge in [0, 0.05) is 61.0 Å². The van der Waals surface area contributed by atoms with Gasteiger partial charge in [0.15, 0.2) is 33.3 Å². The van der Waals surface area contributed by atoms with Gasteiger partial charge in [0.2, 0.25) is 8.32 Å². The average Bonchev–Trinajstić information content (AvgIpc) is 3.39. The molecule has 0 spiro atoms. The van der Waals surface area contributed by atoms with Crippen LogP contribution in [0.3, 0.4) is 0 Å². The Balaban J connectivity index is -0.0000000413. The normalized spacial score (nSPS) is 10.5. The standard InChI is InChI=1S/C14H16OSi.C12H30O5Si3.C9H14OSi.C6H15ClO3Si.2C6H15O2Si2.C4H12OSi.12CH4.ClH.3Li/c1-15-16(2,13-9-5-3-6-10-13)14-11-7-4-8-12-14;1-9-13-20(14-10-2,15-11-3)17-19(7,8)16-18(5,6)12-4;1-10-11(2,3)9-7-5-4-6-8-9;1-4-8-11(7,9-5-2)10-6-3;2*1-6-9(2,3)8-10(4,5)7;1-5-6(2,3)4;;;;;;;;;;;;;;;;/h3-12H,1-2H3;12H,4,9-11H2,1-3,5-8H3;4-8H,1-3H3;4-6H2,1-3H3;2*6H,1H2,2-5H3;1-4H3;12*1H4;1H;;;/q;;;;2*-1;;;;;;;;;;;;;;;3*+1/p-1. The molecule has 0 N–H and O–H groups in total. The topological polar surface area (TPSA) is 166 Å². The Morgan fingerprint density at radius 1 is 0.350 bits per heavy atom. The van der Waals surface area contributed by atoms with Gasteiger partial charge in [-0.1, -0.05) is 234 Å². The molecule has 0 fully saturated rings. The van der Waals surface area contributed by atoms with Gasteiger partial charge in [-0.25, -0.2) is 0 Å². The van der Waals surface area contributed by atoms with Crippen LogP contribution < -0.4 is 94.1 Å². The molecule has 3 aromatic carbocycles. The molecule has 3 rings (SSSR count). The van der Waals surface area contributed by atoms with Crippen molar-refractivity contribution in [1.29, 1.82) is 0 Å². The molecule has 0 saturated heterocycles. The molecule has 0 radical (unpaired) electrons.